The van der Waals surface area contributed by atoms with Crippen molar-refractivity contribution < 1.29 is 4.39 Å². The number of hydrogen-bond acceptors (Lipinski definition) is 1. The topological polar surface area (TPSA) is 12.0 Å². The summed E-state index contributed by atoms with van der Waals surface area (Å²) in [7, 11) is 0. The molecular formula is C15H23ClFN. The zero-order chi connectivity index (χ0) is 13.5. The summed E-state index contributed by atoms with van der Waals surface area (Å²) in [5.74, 6) is 0.559. The standard InChI is InChI=1S/C15H23ClFN/c1-11(2)5-4-6-12(3)18-10-13-9-14(16)7-8-15(13)17/h7-9,11-12,18H,4-6,10H2,1-3H3. The van der Waals surface area contributed by atoms with E-state index in [4.69, 9.17) is 11.6 Å². The van der Waals surface area contributed by atoms with Gasteiger partial charge >= 0.3 is 0 Å². The fourth-order valence-electron chi connectivity index (χ4n) is 1.90. The highest BCUT2D eigenvalue weighted by atomic mass is 35.5. The zero-order valence-corrected chi connectivity index (χ0v) is 12.2. The van der Waals surface area contributed by atoms with Crippen LogP contribution in [-0.2, 0) is 6.54 Å². The molecule has 0 amide bonds. The number of halogens is 2. The Labute approximate surface area is 115 Å². The van der Waals surface area contributed by atoms with Crippen LogP contribution in [0.2, 0.25) is 5.02 Å². The molecule has 0 aliphatic heterocycles. The van der Waals surface area contributed by atoms with Crippen LogP contribution in [0.25, 0.3) is 0 Å². The van der Waals surface area contributed by atoms with Gasteiger partial charge in [-0.3, -0.25) is 0 Å². The van der Waals surface area contributed by atoms with Crippen LogP contribution in [0.3, 0.4) is 0 Å². The average Bonchev–Trinajstić information content (AvgIpc) is 2.30. The molecule has 1 aromatic rings. The molecule has 1 nitrogen and oxygen atoms in total. The van der Waals surface area contributed by atoms with Gasteiger partial charge in [0.15, 0.2) is 0 Å². The van der Waals surface area contributed by atoms with Gasteiger partial charge in [0.1, 0.15) is 5.82 Å². The van der Waals surface area contributed by atoms with Crippen LogP contribution in [0.1, 0.15) is 45.6 Å². The lowest BCUT2D eigenvalue weighted by atomic mass is 10.0. The van der Waals surface area contributed by atoms with Gasteiger partial charge in [-0.05, 0) is 37.5 Å². The highest BCUT2D eigenvalue weighted by Gasteiger charge is 2.06. The molecule has 1 atom stereocenters. The van der Waals surface area contributed by atoms with Crippen LogP contribution in [0, 0.1) is 11.7 Å². The van der Waals surface area contributed by atoms with Crippen molar-refractivity contribution in [3.63, 3.8) is 0 Å². The van der Waals surface area contributed by atoms with Crippen LogP contribution >= 0.6 is 11.6 Å². The molecule has 0 aromatic heterocycles. The van der Waals surface area contributed by atoms with Crippen molar-refractivity contribution in [3.05, 3.63) is 34.6 Å². The van der Waals surface area contributed by atoms with Gasteiger partial charge in [-0.25, -0.2) is 4.39 Å². The number of benzene rings is 1. The highest BCUT2D eigenvalue weighted by molar-refractivity contribution is 6.30. The molecule has 1 rings (SSSR count). The number of hydrogen-bond donors (Lipinski definition) is 1. The Kier molecular flexibility index (Phi) is 6.66. The van der Waals surface area contributed by atoms with Crippen LogP contribution in [0.4, 0.5) is 4.39 Å². The van der Waals surface area contributed by atoms with E-state index in [1.165, 1.54) is 18.9 Å². The third-order valence-electron chi connectivity index (χ3n) is 3.07. The Balaban J connectivity index is 2.33. The molecule has 1 aromatic carbocycles. The van der Waals surface area contributed by atoms with E-state index in [1.807, 2.05) is 0 Å². The van der Waals surface area contributed by atoms with E-state index >= 15 is 0 Å². The number of rotatable bonds is 7. The molecule has 0 radical (unpaired) electrons. The molecule has 0 saturated carbocycles. The van der Waals surface area contributed by atoms with Crippen LogP contribution in [0.15, 0.2) is 18.2 Å². The van der Waals surface area contributed by atoms with Crippen LogP contribution in [0.5, 0.6) is 0 Å². The third-order valence-corrected chi connectivity index (χ3v) is 3.30. The van der Waals surface area contributed by atoms with Crippen molar-refractivity contribution in [2.75, 3.05) is 0 Å². The third kappa shape index (κ3) is 5.83. The Morgan fingerprint density at radius 2 is 1.94 bits per heavy atom. The quantitative estimate of drug-likeness (QED) is 0.752. The molecule has 0 spiro atoms. The van der Waals surface area contributed by atoms with Gasteiger partial charge in [0.05, 0.1) is 0 Å². The van der Waals surface area contributed by atoms with Crippen molar-refractivity contribution >= 4 is 11.6 Å². The molecule has 0 saturated heterocycles. The molecule has 1 unspecified atom stereocenters. The minimum Gasteiger partial charge on any atom is -0.310 e. The maximum Gasteiger partial charge on any atom is 0.127 e. The fourth-order valence-corrected chi connectivity index (χ4v) is 2.09. The minimum absolute atomic E-state index is 0.193. The maximum atomic E-state index is 13.5. The van der Waals surface area contributed by atoms with Gasteiger partial charge < -0.3 is 5.32 Å². The molecule has 18 heavy (non-hydrogen) atoms. The molecule has 102 valence electrons. The van der Waals surface area contributed by atoms with E-state index in [9.17, 15) is 4.39 Å². The minimum atomic E-state index is -0.193. The van der Waals surface area contributed by atoms with Crippen LogP contribution in [-0.4, -0.2) is 6.04 Å². The summed E-state index contributed by atoms with van der Waals surface area (Å²) in [5, 5.41) is 3.93. The first-order valence-electron chi connectivity index (χ1n) is 6.66. The van der Waals surface area contributed by atoms with Crippen molar-refractivity contribution in [1.82, 2.24) is 5.32 Å². The molecule has 3 heteroatoms. The molecule has 0 heterocycles. The van der Waals surface area contributed by atoms with Gasteiger partial charge in [-0.15, -0.1) is 0 Å². The summed E-state index contributed by atoms with van der Waals surface area (Å²) in [6.07, 6.45) is 3.59. The van der Waals surface area contributed by atoms with Gasteiger partial charge in [0.2, 0.25) is 0 Å². The van der Waals surface area contributed by atoms with Crippen molar-refractivity contribution in [1.29, 1.82) is 0 Å². The van der Waals surface area contributed by atoms with E-state index in [0.717, 1.165) is 12.3 Å². The lowest BCUT2D eigenvalue weighted by Crippen LogP contribution is -2.25. The first-order chi connectivity index (χ1) is 8.49. The summed E-state index contributed by atoms with van der Waals surface area (Å²) in [4.78, 5) is 0. The highest BCUT2D eigenvalue weighted by Crippen LogP contribution is 2.15. The fraction of sp³-hybridized carbons (Fsp3) is 0.600. The smallest absolute Gasteiger partial charge is 0.127 e. The first kappa shape index (κ1) is 15.5. The Bertz CT molecular complexity index is 366. The van der Waals surface area contributed by atoms with Crippen molar-refractivity contribution in [3.8, 4) is 0 Å². The Morgan fingerprint density at radius 3 is 2.61 bits per heavy atom. The largest absolute Gasteiger partial charge is 0.310 e. The second-order valence-electron chi connectivity index (χ2n) is 5.34. The molecular weight excluding hydrogens is 249 g/mol. The molecule has 0 aliphatic carbocycles. The molecule has 1 N–H and O–H groups in total. The second-order valence-corrected chi connectivity index (χ2v) is 5.78. The Hall–Kier alpha value is -0.600. The van der Waals surface area contributed by atoms with E-state index < -0.39 is 0 Å². The second kappa shape index (κ2) is 7.75. The molecule has 0 aliphatic rings. The van der Waals surface area contributed by atoms with E-state index in [-0.39, 0.29) is 5.82 Å². The summed E-state index contributed by atoms with van der Waals surface area (Å²) < 4.78 is 13.5. The van der Waals surface area contributed by atoms with Gasteiger partial charge in [0.25, 0.3) is 0 Å². The molecule has 0 bridgehead atoms. The average molecular weight is 272 g/mol. The lowest BCUT2D eigenvalue weighted by Gasteiger charge is -2.15. The van der Waals surface area contributed by atoms with E-state index in [0.29, 0.717) is 23.2 Å². The zero-order valence-electron chi connectivity index (χ0n) is 11.5. The predicted molar refractivity (Wildman–Crippen MR) is 76.4 cm³/mol. The predicted octanol–water partition coefficient (Wildman–Crippen LogP) is 4.78. The van der Waals surface area contributed by atoms with E-state index in [1.54, 1.807) is 12.1 Å². The first-order valence-corrected chi connectivity index (χ1v) is 7.04. The van der Waals surface area contributed by atoms with Crippen molar-refractivity contribution in [2.24, 2.45) is 5.92 Å². The van der Waals surface area contributed by atoms with Gasteiger partial charge in [-0.2, -0.15) is 0 Å². The summed E-state index contributed by atoms with van der Waals surface area (Å²) in [6, 6.07) is 5.09. The van der Waals surface area contributed by atoms with Crippen molar-refractivity contribution in [2.45, 2.75) is 52.6 Å². The lowest BCUT2D eigenvalue weighted by molar-refractivity contribution is 0.453. The van der Waals surface area contributed by atoms with Crippen LogP contribution < -0.4 is 5.32 Å². The van der Waals surface area contributed by atoms with Gasteiger partial charge in [0, 0.05) is 23.2 Å². The summed E-state index contributed by atoms with van der Waals surface area (Å²) in [6.45, 7) is 7.15. The summed E-state index contributed by atoms with van der Waals surface area (Å²) >= 11 is 5.86. The van der Waals surface area contributed by atoms with Gasteiger partial charge in [-0.1, -0.05) is 38.3 Å². The van der Waals surface area contributed by atoms with E-state index in [2.05, 4.69) is 26.1 Å². The number of nitrogens with one attached hydrogen (secondary N) is 1. The SMILES string of the molecule is CC(C)CCCC(C)NCc1cc(Cl)ccc1F. The maximum absolute atomic E-state index is 13.5. The summed E-state index contributed by atoms with van der Waals surface area (Å²) in [5.41, 5.74) is 0.637. The monoisotopic (exact) mass is 271 g/mol. The Morgan fingerprint density at radius 1 is 1.22 bits per heavy atom. The molecule has 0 fully saturated rings. The normalized spacial score (nSPS) is 13.0.